The van der Waals surface area contributed by atoms with E-state index in [9.17, 15) is 18.0 Å². The van der Waals surface area contributed by atoms with E-state index < -0.39 is 36.7 Å². The molecule has 0 aliphatic carbocycles. The van der Waals surface area contributed by atoms with E-state index in [1.54, 1.807) is 30.5 Å². The molecule has 2 aromatic carbocycles. The number of nitrogens with zero attached hydrogens (tertiary/aromatic N) is 3. The minimum atomic E-state index is -3.05. The lowest BCUT2D eigenvalue weighted by Crippen LogP contribution is -2.54. The number of likely N-dealkylation sites (tertiary alicyclic amines) is 1. The summed E-state index contributed by atoms with van der Waals surface area (Å²) in [5.74, 6) is -3.74. The number of halogens is 3. The van der Waals surface area contributed by atoms with Crippen molar-refractivity contribution < 1.29 is 22.7 Å². The monoisotopic (exact) mass is 509 g/mol. The summed E-state index contributed by atoms with van der Waals surface area (Å²) in [5, 5.41) is 10.8. The Balaban J connectivity index is 1.34. The number of aliphatic imine (C=N–C) groups is 1. The molecule has 1 aromatic heterocycles. The molecule has 0 spiro atoms. The number of alkyl halides is 2. The number of carbonyl (C=O) groups excluding carboxylic acids is 1. The van der Waals surface area contributed by atoms with Crippen LogP contribution in [0.25, 0.3) is 16.5 Å². The molecule has 0 saturated carbocycles. The highest BCUT2D eigenvalue weighted by atomic mass is 19.3. The van der Waals surface area contributed by atoms with Crippen molar-refractivity contribution in [1.29, 1.82) is 0 Å². The Morgan fingerprint density at radius 1 is 1.30 bits per heavy atom. The maximum Gasteiger partial charge on any atom is 0.262 e. The molecular formula is C27H26F3N5O2. The second-order valence-corrected chi connectivity index (χ2v) is 9.19. The number of fused-ring (bicyclic) bond motifs is 1. The van der Waals surface area contributed by atoms with Gasteiger partial charge in [0.1, 0.15) is 11.6 Å². The van der Waals surface area contributed by atoms with Gasteiger partial charge in [0.2, 0.25) is 0 Å². The second kappa shape index (κ2) is 10.2. The minimum Gasteiger partial charge on any atom is -0.496 e. The minimum absolute atomic E-state index is 0.0614. The first-order valence-electron chi connectivity index (χ1n) is 11.9. The van der Waals surface area contributed by atoms with Gasteiger partial charge in [-0.1, -0.05) is 18.2 Å². The van der Waals surface area contributed by atoms with Crippen LogP contribution in [0.15, 0.2) is 59.6 Å². The van der Waals surface area contributed by atoms with E-state index in [1.807, 2.05) is 18.2 Å². The molecule has 2 aliphatic heterocycles. The van der Waals surface area contributed by atoms with Crippen molar-refractivity contribution in [3.05, 3.63) is 77.3 Å². The van der Waals surface area contributed by atoms with Crippen LogP contribution in [-0.2, 0) is 6.54 Å². The molecule has 5 rings (SSSR count). The first-order chi connectivity index (χ1) is 17.8. The summed E-state index contributed by atoms with van der Waals surface area (Å²) in [5.41, 5.74) is 2.80. The van der Waals surface area contributed by atoms with Crippen LogP contribution in [-0.4, -0.2) is 65.9 Å². The average molecular weight is 510 g/mol. The Morgan fingerprint density at radius 2 is 2.16 bits per heavy atom. The molecule has 192 valence electrons. The molecule has 1 saturated heterocycles. The predicted octanol–water partition coefficient (Wildman–Crippen LogP) is 4.37. The largest absolute Gasteiger partial charge is 0.496 e. The average Bonchev–Trinajstić information content (AvgIpc) is 3.09. The van der Waals surface area contributed by atoms with Crippen molar-refractivity contribution in [1.82, 2.24) is 20.4 Å². The van der Waals surface area contributed by atoms with E-state index in [1.165, 1.54) is 24.1 Å². The van der Waals surface area contributed by atoms with Crippen molar-refractivity contribution in [3.8, 4) is 5.75 Å². The van der Waals surface area contributed by atoms with Crippen molar-refractivity contribution >= 4 is 28.6 Å². The van der Waals surface area contributed by atoms with Gasteiger partial charge < -0.3 is 10.1 Å². The number of nitrogens with one attached hydrogen (secondary N) is 2. The van der Waals surface area contributed by atoms with Gasteiger partial charge in [-0.3, -0.25) is 19.8 Å². The van der Waals surface area contributed by atoms with E-state index in [0.29, 0.717) is 23.6 Å². The smallest absolute Gasteiger partial charge is 0.262 e. The van der Waals surface area contributed by atoms with E-state index in [4.69, 9.17) is 4.74 Å². The normalized spacial score (nSPS) is 19.5. The molecule has 37 heavy (non-hydrogen) atoms. The first-order valence-corrected chi connectivity index (χ1v) is 11.9. The second-order valence-electron chi connectivity index (χ2n) is 9.19. The Hall–Kier alpha value is -3.92. The Morgan fingerprint density at radius 3 is 3.00 bits per heavy atom. The van der Waals surface area contributed by atoms with Gasteiger partial charge in [-0.05, 0) is 36.4 Å². The SMILES string of the molecule is COc1cccc(F)c1CN1CC(NC(=O)c2ccc3[nH]nc(C4=CC=NCC=C4)c3c2)CC(F)(F)C1. The summed E-state index contributed by atoms with van der Waals surface area (Å²) in [4.78, 5) is 18.8. The van der Waals surface area contributed by atoms with Crippen LogP contribution in [0, 0.1) is 5.82 Å². The summed E-state index contributed by atoms with van der Waals surface area (Å²) < 4.78 is 48.9. The maximum atomic E-state index is 14.6. The fourth-order valence-electron chi connectivity index (χ4n) is 4.81. The molecular weight excluding hydrogens is 483 g/mol. The number of rotatable bonds is 6. The Bertz CT molecular complexity index is 1410. The van der Waals surface area contributed by atoms with Crippen LogP contribution >= 0.6 is 0 Å². The van der Waals surface area contributed by atoms with Crippen molar-refractivity contribution in [3.63, 3.8) is 0 Å². The zero-order valence-corrected chi connectivity index (χ0v) is 20.2. The lowest BCUT2D eigenvalue weighted by molar-refractivity contribution is -0.0763. The van der Waals surface area contributed by atoms with Crippen LogP contribution in [0.4, 0.5) is 13.2 Å². The molecule has 0 radical (unpaired) electrons. The van der Waals surface area contributed by atoms with Gasteiger partial charge in [0.25, 0.3) is 11.8 Å². The topological polar surface area (TPSA) is 82.6 Å². The van der Waals surface area contributed by atoms with E-state index >= 15 is 0 Å². The molecule has 0 bridgehead atoms. The van der Waals surface area contributed by atoms with E-state index in [0.717, 1.165) is 16.5 Å². The maximum absolute atomic E-state index is 14.6. The third kappa shape index (κ3) is 5.43. The fourth-order valence-corrected chi connectivity index (χ4v) is 4.81. The number of amides is 1. The van der Waals surface area contributed by atoms with Crippen molar-refractivity contribution in [2.75, 3.05) is 26.7 Å². The zero-order chi connectivity index (χ0) is 26.0. The molecule has 7 nitrogen and oxygen atoms in total. The summed E-state index contributed by atoms with van der Waals surface area (Å²) in [6.07, 6.45) is 6.88. The van der Waals surface area contributed by atoms with Crippen molar-refractivity contribution in [2.24, 2.45) is 4.99 Å². The summed E-state index contributed by atoms with van der Waals surface area (Å²) in [7, 11) is 1.41. The van der Waals surface area contributed by atoms with Crippen LogP contribution < -0.4 is 10.1 Å². The quantitative estimate of drug-likeness (QED) is 0.517. The number of benzene rings is 2. The number of hydrogen-bond donors (Lipinski definition) is 2. The standard InChI is InChI=1S/C27H26F3N5O2/c1-37-24-6-2-5-22(28)21(24)15-35-14-19(13-27(29,30)16-35)32-26(36)18-7-8-23-20(12-18)25(34-33-23)17-4-3-10-31-11-9-17/h2-9,11-12,19H,10,13-16H2,1H3,(H,32,36)(H,33,34). The number of ether oxygens (including phenoxy) is 1. The Kier molecular flexibility index (Phi) is 6.84. The summed E-state index contributed by atoms with van der Waals surface area (Å²) >= 11 is 0. The molecule has 2 aliphatic rings. The van der Waals surface area contributed by atoms with E-state index in [-0.39, 0.29) is 18.7 Å². The number of aromatic amines is 1. The molecule has 1 atom stereocenters. The van der Waals surface area contributed by atoms with Gasteiger partial charge in [-0.2, -0.15) is 5.10 Å². The Labute approximate surface area is 211 Å². The summed E-state index contributed by atoms with van der Waals surface area (Å²) in [6, 6.07) is 8.61. The number of methoxy groups -OCH3 is 1. The molecule has 2 N–H and O–H groups in total. The van der Waals surface area contributed by atoms with E-state index in [2.05, 4.69) is 20.5 Å². The number of carbonyl (C=O) groups is 1. The molecule has 3 aromatic rings. The third-order valence-corrected chi connectivity index (χ3v) is 6.46. The highest BCUT2D eigenvalue weighted by Crippen LogP contribution is 2.31. The summed E-state index contributed by atoms with van der Waals surface area (Å²) in [6.45, 7) is 0.124. The van der Waals surface area contributed by atoms with Gasteiger partial charge in [0.05, 0.1) is 31.4 Å². The van der Waals surface area contributed by atoms with Crippen LogP contribution in [0.1, 0.15) is 28.0 Å². The van der Waals surface area contributed by atoms with Gasteiger partial charge in [-0.15, -0.1) is 0 Å². The van der Waals surface area contributed by atoms with Gasteiger partial charge in [0, 0.05) is 53.9 Å². The van der Waals surface area contributed by atoms with Crippen LogP contribution in [0.3, 0.4) is 0 Å². The van der Waals surface area contributed by atoms with Crippen molar-refractivity contribution in [2.45, 2.75) is 24.9 Å². The number of piperidine rings is 1. The van der Waals surface area contributed by atoms with Crippen LogP contribution in [0.2, 0.25) is 0 Å². The van der Waals surface area contributed by atoms with Crippen LogP contribution in [0.5, 0.6) is 5.75 Å². The number of aromatic nitrogens is 2. The molecule has 3 heterocycles. The predicted molar refractivity (Wildman–Crippen MR) is 136 cm³/mol. The first kappa shape index (κ1) is 24.8. The number of H-pyrrole nitrogens is 1. The number of hydrogen-bond acceptors (Lipinski definition) is 5. The molecule has 1 amide bonds. The highest BCUT2D eigenvalue weighted by Gasteiger charge is 2.41. The lowest BCUT2D eigenvalue weighted by Gasteiger charge is -2.38. The van der Waals surface area contributed by atoms with Gasteiger partial charge >= 0.3 is 0 Å². The van der Waals surface area contributed by atoms with Gasteiger partial charge in [-0.25, -0.2) is 13.2 Å². The van der Waals surface area contributed by atoms with Gasteiger partial charge in [0.15, 0.2) is 0 Å². The lowest BCUT2D eigenvalue weighted by atomic mass is 10.00. The highest BCUT2D eigenvalue weighted by molar-refractivity contribution is 6.02. The zero-order valence-electron chi connectivity index (χ0n) is 20.2. The third-order valence-electron chi connectivity index (χ3n) is 6.46. The molecule has 1 unspecified atom stereocenters. The molecule has 1 fully saturated rings. The molecule has 10 heteroatoms. The number of allylic oxidation sites excluding steroid dienone is 3. The fraction of sp³-hybridized carbons (Fsp3) is 0.296.